The number of furan rings is 1. The maximum atomic E-state index is 12.1. The van der Waals surface area contributed by atoms with Gasteiger partial charge < -0.3 is 14.6 Å². The van der Waals surface area contributed by atoms with E-state index in [1.54, 1.807) is 0 Å². The third kappa shape index (κ3) is 5.88. The fourth-order valence-corrected chi connectivity index (χ4v) is 4.33. The smallest absolute Gasteiger partial charge is 0.220 e. The lowest BCUT2D eigenvalue weighted by Gasteiger charge is -2.36. The molecule has 1 aliphatic carbocycles. The lowest BCUT2D eigenvalue weighted by atomic mass is 10.2. The van der Waals surface area contributed by atoms with Gasteiger partial charge in [0.2, 0.25) is 5.91 Å². The van der Waals surface area contributed by atoms with Crippen LogP contribution in [-0.2, 0) is 11.2 Å². The van der Waals surface area contributed by atoms with Crippen LogP contribution in [0.1, 0.15) is 50.0 Å². The molecule has 1 saturated carbocycles. The minimum Gasteiger partial charge on any atom is -0.466 e. The summed E-state index contributed by atoms with van der Waals surface area (Å²) in [5.74, 6) is 3.52. The summed E-state index contributed by atoms with van der Waals surface area (Å²) in [6.45, 7) is 8.56. The van der Waals surface area contributed by atoms with E-state index in [0.29, 0.717) is 18.8 Å². The van der Waals surface area contributed by atoms with Crippen molar-refractivity contribution in [1.82, 2.24) is 10.2 Å². The first kappa shape index (κ1) is 21.0. The number of anilines is 1. The normalized spacial score (nSPS) is 21.6. The minimum absolute atomic E-state index is 0.129. The predicted octanol–water partition coefficient (Wildman–Crippen LogP) is 4.05. The second-order valence-corrected chi connectivity index (χ2v) is 8.84. The minimum atomic E-state index is 0.129. The summed E-state index contributed by atoms with van der Waals surface area (Å²) in [6, 6.07) is 14.8. The number of unbranched alkanes of at least 4 members (excludes halogenated alkanes) is 1. The Morgan fingerprint density at radius 2 is 1.83 bits per heavy atom. The maximum Gasteiger partial charge on any atom is 0.220 e. The van der Waals surface area contributed by atoms with Crippen LogP contribution in [0.5, 0.6) is 0 Å². The highest BCUT2D eigenvalue weighted by molar-refractivity contribution is 5.76. The molecule has 0 spiro atoms. The summed E-state index contributed by atoms with van der Waals surface area (Å²) in [5.41, 5.74) is 1.33. The third-order valence-corrected chi connectivity index (χ3v) is 6.47. The van der Waals surface area contributed by atoms with Crippen LogP contribution >= 0.6 is 0 Å². The molecule has 2 atom stereocenters. The van der Waals surface area contributed by atoms with Gasteiger partial charge >= 0.3 is 0 Å². The molecule has 5 nitrogen and oxygen atoms in total. The van der Waals surface area contributed by atoms with E-state index < -0.39 is 0 Å². The van der Waals surface area contributed by atoms with Crippen molar-refractivity contribution >= 4 is 11.6 Å². The highest BCUT2D eigenvalue weighted by Gasteiger charge is 2.36. The summed E-state index contributed by atoms with van der Waals surface area (Å²) >= 11 is 0. The Labute approximate surface area is 180 Å². The number of aryl methyl sites for hydroxylation is 1. The van der Waals surface area contributed by atoms with Gasteiger partial charge in [0.15, 0.2) is 0 Å². The monoisotopic (exact) mass is 409 g/mol. The molecular weight excluding hydrogens is 374 g/mol. The van der Waals surface area contributed by atoms with Crippen molar-refractivity contribution in [3.8, 4) is 0 Å². The molecule has 162 valence electrons. The number of amides is 1. The van der Waals surface area contributed by atoms with Crippen LogP contribution in [0.3, 0.4) is 0 Å². The van der Waals surface area contributed by atoms with E-state index in [-0.39, 0.29) is 5.91 Å². The molecule has 30 heavy (non-hydrogen) atoms. The third-order valence-electron chi connectivity index (χ3n) is 6.47. The lowest BCUT2D eigenvalue weighted by molar-refractivity contribution is -0.121. The number of piperazine rings is 1. The van der Waals surface area contributed by atoms with Crippen molar-refractivity contribution in [3.63, 3.8) is 0 Å². The summed E-state index contributed by atoms with van der Waals surface area (Å²) in [7, 11) is 0. The molecule has 4 rings (SSSR count). The Kier molecular flexibility index (Phi) is 7.11. The van der Waals surface area contributed by atoms with Gasteiger partial charge in [0.1, 0.15) is 11.5 Å². The molecule has 1 saturated heterocycles. The second kappa shape index (κ2) is 10.2. The fraction of sp³-hybridized carbons (Fsp3) is 0.560. The number of benzene rings is 1. The zero-order valence-corrected chi connectivity index (χ0v) is 18.2. The number of para-hydroxylation sites is 1. The van der Waals surface area contributed by atoms with Gasteiger partial charge in [-0.3, -0.25) is 9.69 Å². The van der Waals surface area contributed by atoms with Crippen LogP contribution in [0.15, 0.2) is 46.9 Å². The Balaban J connectivity index is 1.03. The molecule has 2 fully saturated rings. The van der Waals surface area contributed by atoms with Gasteiger partial charge in [0, 0.05) is 57.2 Å². The molecule has 2 aliphatic rings. The first-order valence-electron chi connectivity index (χ1n) is 11.6. The van der Waals surface area contributed by atoms with E-state index in [1.165, 1.54) is 12.1 Å². The summed E-state index contributed by atoms with van der Waals surface area (Å²) < 4.78 is 5.89. The average molecular weight is 410 g/mol. The van der Waals surface area contributed by atoms with Gasteiger partial charge in [-0.1, -0.05) is 25.1 Å². The Bertz CT molecular complexity index is 796. The van der Waals surface area contributed by atoms with Gasteiger partial charge in [-0.15, -0.1) is 0 Å². The van der Waals surface area contributed by atoms with Crippen LogP contribution in [0.2, 0.25) is 0 Å². The Morgan fingerprint density at radius 1 is 1.07 bits per heavy atom. The number of rotatable bonds is 10. The van der Waals surface area contributed by atoms with Crippen molar-refractivity contribution < 1.29 is 9.21 Å². The topological polar surface area (TPSA) is 48.7 Å². The van der Waals surface area contributed by atoms with Gasteiger partial charge in [-0.2, -0.15) is 0 Å². The van der Waals surface area contributed by atoms with E-state index in [4.69, 9.17) is 4.42 Å². The quantitative estimate of drug-likeness (QED) is 0.602. The molecule has 1 aliphatic heterocycles. The summed E-state index contributed by atoms with van der Waals surface area (Å²) in [5, 5.41) is 3.06. The summed E-state index contributed by atoms with van der Waals surface area (Å²) in [4.78, 5) is 17.1. The highest BCUT2D eigenvalue weighted by atomic mass is 16.3. The number of hydrogen-bond acceptors (Lipinski definition) is 4. The molecule has 2 heterocycles. The molecule has 2 aromatic rings. The molecule has 1 aromatic carbocycles. The number of nitrogens with one attached hydrogen (secondary N) is 1. The molecule has 0 bridgehead atoms. The van der Waals surface area contributed by atoms with Crippen LogP contribution in [0.4, 0.5) is 5.69 Å². The Morgan fingerprint density at radius 3 is 2.57 bits per heavy atom. The number of nitrogens with zero attached hydrogens (tertiary/aromatic N) is 2. The molecule has 0 radical (unpaired) electrons. The largest absolute Gasteiger partial charge is 0.466 e. The maximum absolute atomic E-state index is 12.1. The van der Waals surface area contributed by atoms with E-state index in [0.717, 1.165) is 69.5 Å². The number of hydrogen-bond donors (Lipinski definition) is 1. The molecule has 2 unspecified atom stereocenters. The number of carbonyl (C=O) groups excluding carboxylic acids is 1. The van der Waals surface area contributed by atoms with Crippen molar-refractivity contribution in [2.45, 2.75) is 44.9 Å². The molecule has 1 N–H and O–H groups in total. The van der Waals surface area contributed by atoms with Gasteiger partial charge in [0.05, 0.1) is 0 Å². The van der Waals surface area contributed by atoms with Crippen molar-refractivity contribution in [1.29, 1.82) is 0 Å². The van der Waals surface area contributed by atoms with E-state index in [1.807, 2.05) is 6.07 Å². The zero-order valence-electron chi connectivity index (χ0n) is 18.2. The van der Waals surface area contributed by atoms with E-state index in [2.05, 4.69) is 58.4 Å². The second-order valence-electron chi connectivity index (χ2n) is 8.84. The van der Waals surface area contributed by atoms with Gasteiger partial charge in [-0.05, 0) is 56.0 Å². The van der Waals surface area contributed by atoms with Crippen molar-refractivity contribution in [2.24, 2.45) is 5.92 Å². The van der Waals surface area contributed by atoms with Gasteiger partial charge in [-0.25, -0.2) is 0 Å². The molecular formula is C25H35N3O2. The lowest BCUT2D eigenvalue weighted by Crippen LogP contribution is -2.46. The zero-order chi connectivity index (χ0) is 20.8. The average Bonchev–Trinajstić information content (AvgIpc) is 3.32. The van der Waals surface area contributed by atoms with Crippen LogP contribution < -0.4 is 10.2 Å². The molecule has 1 aromatic heterocycles. The highest BCUT2D eigenvalue weighted by Crippen LogP contribution is 2.47. The van der Waals surface area contributed by atoms with Crippen molar-refractivity contribution in [2.75, 3.05) is 44.2 Å². The fourth-order valence-electron chi connectivity index (χ4n) is 4.33. The first-order chi connectivity index (χ1) is 14.7. The predicted molar refractivity (Wildman–Crippen MR) is 121 cm³/mol. The first-order valence-corrected chi connectivity index (χ1v) is 11.6. The van der Waals surface area contributed by atoms with Crippen molar-refractivity contribution in [3.05, 3.63) is 54.0 Å². The van der Waals surface area contributed by atoms with E-state index >= 15 is 0 Å². The van der Waals surface area contributed by atoms with Crippen LogP contribution in [0.25, 0.3) is 0 Å². The van der Waals surface area contributed by atoms with Crippen LogP contribution in [-0.4, -0.2) is 50.1 Å². The SMILES string of the molecule is CC1CC1c1ccc(CCC(=O)NCCCCN2CCN(c3ccccc3)CC2)o1. The van der Waals surface area contributed by atoms with Gasteiger partial charge in [0.25, 0.3) is 0 Å². The standard InChI is InChI=1S/C25H35N3O2/c1-20-19-23(20)24-11-9-22(30-24)10-12-25(29)26-13-5-6-14-27-15-17-28(18-16-27)21-7-3-2-4-8-21/h2-4,7-9,11,20,23H,5-6,10,12-19H2,1H3,(H,26,29). The molecule has 1 amide bonds. The summed E-state index contributed by atoms with van der Waals surface area (Å²) in [6.07, 6.45) is 4.60. The molecule has 5 heteroatoms. The Hall–Kier alpha value is -2.27. The number of carbonyl (C=O) groups is 1. The van der Waals surface area contributed by atoms with Crippen LogP contribution in [0, 0.1) is 5.92 Å². The van der Waals surface area contributed by atoms with E-state index in [9.17, 15) is 4.79 Å².